The molecule has 0 aliphatic rings. The van der Waals surface area contributed by atoms with Gasteiger partial charge in [0.05, 0.1) is 18.1 Å². The van der Waals surface area contributed by atoms with Crippen molar-refractivity contribution in [2.24, 2.45) is 5.73 Å². The van der Waals surface area contributed by atoms with Crippen LogP contribution in [0.3, 0.4) is 0 Å². The van der Waals surface area contributed by atoms with Crippen LogP contribution in [-0.2, 0) is 11.2 Å². The highest BCUT2D eigenvalue weighted by Crippen LogP contribution is 2.02. The summed E-state index contributed by atoms with van der Waals surface area (Å²) in [7, 11) is 0. The van der Waals surface area contributed by atoms with E-state index in [1.165, 1.54) is 12.4 Å². The molecule has 0 aliphatic carbocycles. The van der Waals surface area contributed by atoms with Gasteiger partial charge in [-0.2, -0.15) is 0 Å². The summed E-state index contributed by atoms with van der Waals surface area (Å²) in [5.41, 5.74) is 5.80. The molecule has 13 heavy (non-hydrogen) atoms. The first kappa shape index (κ1) is 9.88. The molecule has 3 N–H and O–H groups in total. The molecule has 0 bridgehead atoms. The maximum atomic E-state index is 10.4. The van der Waals surface area contributed by atoms with E-state index in [0.717, 1.165) is 0 Å². The predicted molar refractivity (Wildman–Crippen MR) is 46.4 cm³/mol. The van der Waals surface area contributed by atoms with Crippen molar-refractivity contribution in [3.63, 3.8) is 0 Å². The average Bonchev–Trinajstić information content (AvgIpc) is 2.08. The van der Waals surface area contributed by atoms with Crippen LogP contribution in [0.1, 0.15) is 5.69 Å². The van der Waals surface area contributed by atoms with Crippen LogP contribution in [0.4, 0.5) is 0 Å². The molecule has 70 valence electrons. The number of halogens is 1. The molecule has 1 atom stereocenters. The Labute approximate surface area is 79.6 Å². The van der Waals surface area contributed by atoms with Crippen molar-refractivity contribution < 1.29 is 9.90 Å². The first-order chi connectivity index (χ1) is 6.09. The van der Waals surface area contributed by atoms with Crippen LogP contribution in [0.2, 0.25) is 5.15 Å². The summed E-state index contributed by atoms with van der Waals surface area (Å²) < 4.78 is 0. The third-order valence-electron chi connectivity index (χ3n) is 1.42. The molecule has 1 heterocycles. The highest BCUT2D eigenvalue weighted by Gasteiger charge is 2.12. The highest BCUT2D eigenvalue weighted by atomic mass is 35.5. The molecule has 0 radical (unpaired) electrons. The standard InChI is InChI=1S/C7H8ClN3O2/c8-6-3-10-4(2-11-6)1-5(9)7(12)13/h2-3,5H,1,9H2,(H,12,13). The summed E-state index contributed by atoms with van der Waals surface area (Å²) in [6.45, 7) is 0. The van der Waals surface area contributed by atoms with Gasteiger partial charge in [-0.1, -0.05) is 11.6 Å². The van der Waals surface area contributed by atoms with Gasteiger partial charge in [0.15, 0.2) is 0 Å². The van der Waals surface area contributed by atoms with Gasteiger partial charge in [-0.3, -0.25) is 9.78 Å². The molecule has 0 aliphatic heterocycles. The molecular formula is C7H8ClN3O2. The van der Waals surface area contributed by atoms with E-state index in [-0.39, 0.29) is 11.6 Å². The van der Waals surface area contributed by atoms with E-state index in [4.69, 9.17) is 22.4 Å². The Morgan fingerprint density at radius 3 is 2.77 bits per heavy atom. The fourth-order valence-electron chi connectivity index (χ4n) is 0.757. The van der Waals surface area contributed by atoms with E-state index in [1.54, 1.807) is 0 Å². The zero-order valence-electron chi connectivity index (χ0n) is 6.64. The normalized spacial score (nSPS) is 12.5. The molecule has 0 saturated carbocycles. The van der Waals surface area contributed by atoms with Crippen LogP contribution < -0.4 is 5.73 Å². The quantitative estimate of drug-likeness (QED) is 0.723. The van der Waals surface area contributed by atoms with Crippen molar-refractivity contribution in [1.82, 2.24) is 9.97 Å². The van der Waals surface area contributed by atoms with Gasteiger partial charge in [0.1, 0.15) is 11.2 Å². The lowest BCUT2D eigenvalue weighted by Gasteiger charge is -2.04. The molecule has 1 aromatic heterocycles. The average molecular weight is 202 g/mol. The Hall–Kier alpha value is -1.20. The highest BCUT2D eigenvalue weighted by molar-refractivity contribution is 6.29. The molecule has 0 amide bonds. The maximum Gasteiger partial charge on any atom is 0.320 e. The minimum absolute atomic E-state index is 0.152. The molecular weight excluding hydrogens is 194 g/mol. The van der Waals surface area contributed by atoms with Gasteiger partial charge in [-0.15, -0.1) is 0 Å². The number of carboxylic acids is 1. The molecule has 0 saturated heterocycles. The molecule has 1 aromatic rings. The number of carboxylic acid groups (broad SMARTS) is 1. The Morgan fingerprint density at radius 1 is 1.62 bits per heavy atom. The van der Waals surface area contributed by atoms with Gasteiger partial charge in [-0.05, 0) is 0 Å². The van der Waals surface area contributed by atoms with Gasteiger partial charge in [-0.25, -0.2) is 4.98 Å². The maximum absolute atomic E-state index is 10.4. The zero-order chi connectivity index (χ0) is 9.84. The summed E-state index contributed by atoms with van der Waals surface area (Å²) in [5.74, 6) is -1.06. The number of rotatable bonds is 3. The Balaban J connectivity index is 2.64. The number of aliphatic carboxylic acids is 1. The molecule has 6 heteroatoms. The Bertz CT molecular complexity index is 301. The zero-order valence-corrected chi connectivity index (χ0v) is 7.40. The fraction of sp³-hybridized carbons (Fsp3) is 0.286. The lowest BCUT2D eigenvalue weighted by atomic mass is 10.2. The van der Waals surface area contributed by atoms with E-state index in [1.807, 2.05) is 0 Å². The van der Waals surface area contributed by atoms with Gasteiger partial charge >= 0.3 is 5.97 Å². The fourth-order valence-corrected chi connectivity index (χ4v) is 0.855. The van der Waals surface area contributed by atoms with Crippen LogP contribution in [0.15, 0.2) is 12.4 Å². The number of carbonyl (C=O) groups is 1. The van der Waals surface area contributed by atoms with Crippen molar-refractivity contribution in [2.45, 2.75) is 12.5 Å². The Kier molecular flexibility index (Phi) is 3.16. The predicted octanol–water partition coefficient (Wildman–Crippen LogP) is 0.0844. The third kappa shape index (κ3) is 2.96. The molecule has 0 aromatic carbocycles. The molecule has 1 rings (SSSR count). The van der Waals surface area contributed by atoms with Gasteiger partial charge in [0, 0.05) is 6.42 Å². The van der Waals surface area contributed by atoms with Crippen LogP contribution in [-0.4, -0.2) is 27.1 Å². The van der Waals surface area contributed by atoms with Crippen molar-refractivity contribution >= 4 is 17.6 Å². The number of aromatic nitrogens is 2. The minimum atomic E-state index is -1.06. The number of hydrogen-bond donors (Lipinski definition) is 2. The lowest BCUT2D eigenvalue weighted by Crippen LogP contribution is -2.32. The number of nitrogens with zero attached hydrogens (tertiary/aromatic N) is 2. The van der Waals surface area contributed by atoms with Crippen molar-refractivity contribution in [3.8, 4) is 0 Å². The smallest absolute Gasteiger partial charge is 0.320 e. The molecule has 0 fully saturated rings. The van der Waals surface area contributed by atoms with Gasteiger partial charge in [0.2, 0.25) is 0 Å². The molecule has 1 unspecified atom stereocenters. The van der Waals surface area contributed by atoms with E-state index in [9.17, 15) is 4.79 Å². The second kappa shape index (κ2) is 4.15. The third-order valence-corrected chi connectivity index (χ3v) is 1.62. The largest absolute Gasteiger partial charge is 0.480 e. The van der Waals surface area contributed by atoms with E-state index in [0.29, 0.717) is 5.69 Å². The summed E-state index contributed by atoms with van der Waals surface area (Å²) in [6, 6.07) is -0.949. The van der Waals surface area contributed by atoms with Crippen LogP contribution in [0.5, 0.6) is 0 Å². The SMILES string of the molecule is NC(Cc1cnc(Cl)cn1)C(=O)O. The summed E-state index contributed by atoms with van der Waals surface area (Å²) in [4.78, 5) is 18.0. The van der Waals surface area contributed by atoms with Gasteiger partial charge in [0.25, 0.3) is 0 Å². The molecule has 0 spiro atoms. The summed E-state index contributed by atoms with van der Waals surface area (Å²) in [5, 5.41) is 8.77. The second-order valence-corrected chi connectivity index (χ2v) is 2.87. The lowest BCUT2D eigenvalue weighted by molar-refractivity contribution is -0.138. The van der Waals surface area contributed by atoms with Gasteiger partial charge < -0.3 is 10.8 Å². The Morgan fingerprint density at radius 2 is 2.31 bits per heavy atom. The monoisotopic (exact) mass is 201 g/mol. The second-order valence-electron chi connectivity index (χ2n) is 2.48. The van der Waals surface area contributed by atoms with E-state index < -0.39 is 12.0 Å². The van der Waals surface area contributed by atoms with Crippen LogP contribution in [0.25, 0.3) is 0 Å². The minimum Gasteiger partial charge on any atom is -0.480 e. The summed E-state index contributed by atoms with van der Waals surface area (Å²) in [6.07, 6.45) is 2.91. The first-order valence-electron chi connectivity index (χ1n) is 3.54. The number of hydrogen-bond acceptors (Lipinski definition) is 4. The molecule has 5 nitrogen and oxygen atoms in total. The topological polar surface area (TPSA) is 89.1 Å². The van der Waals surface area contributed by atoms with Crippen LogP contribution in [0, 0.1) is 0 Å². The summed E-state index contributed by atoms with van der Waals surface area (Å²) >= 11 is 5.49. The van der Waals surface area contributed by atoms with Crippen molar-refractivity contribution in [3.05, 3.63) is 23.2 Å². The first-order valence-corrected chi connectivity index (χ1v) is 3.92. The van der Waals surface area contributed by atoms with Crippen molar-refractivity contribution in [1.29, 1.82) is 0 Å². The van der Waals surface area contributed by atoms with E-state index in [2.05, 4.69) is 9.97 Å². The van der Waals surface area contributed by atoms with Crippen molar-refractivity contribution in [2.75, 3.05) is 0 Å². The van der Waals surface area contributed by atoms with Crippen LogP contribution >= 0.6 is 11.6 Å². The van der Waals surface area contributed by atoms with E-state index >= 15 is 0 Å². The number of nitrogens with two attached hydrogens (primary N) is 1.